The number of rotatable bonds is 2. The van der Waals surface area contributed by atoms with Gasteiger partial charge in [0.05, 0.1) is 4.88 Å². The number of hydrogen-bond donors (Lipinski definition) is 1. The highest BCUT2D eigenvalue weighted by atomic mass is 35.5. The van der Waals surface area contributed by atoms with E-state index >= 15 is 0 Å². The summed E-state index contributed by atoms with van der Waals surface area (Å²) < 4.78 is 0. The summed E-state index contributed by atoms with van der Waals surface area (Å²) in [5.74, 6) is 0.172. The molecule has 2 bridgehead atoms. The molecule has 6 heteroatoms. The number of benzene rings is 1. The molecule has 2 atom stereocenters. The van der Waals surface area contributed by atoms with Crippen LogP contribution < -0.4 is 5.32 Å². The molecule has 2 aliphatic rings. The molecule has 4 rings (SSSR count). The smallest absolute Gasteiger partial charge is 0.264 e. The quantitative estimate of drug-likeness (QED) is 0.792. The molecule has 1 N–H and O–H groups in total. The van der Waals surface area contributed by atoms with Crippen LogP contribution in [0, 0.1) is 6.92 Å². The summed E-state index contributed by atoms with van der Waals surface area (Å²) in [6, 6.07) is 10.9. The number of nitrogens with zero attached hydrogens (tertiary/aromatic N) is 1. The third kappa shape index (κ3) is 3.87. The lowest BCUT2D eigenvalue weighted by atomic mass is 10.1. The zero-order valence-electron chi connectivity index (χ0n) is 14.1. The highest BCUT2D eigenvalue weighted by molar-refractivity contribution is 7.17. The predicted molar refractivity (Wildman–Crippen MR) is 107 cm³/mol. The Bertz CT molecular complexity index is 777. The van der Waals surface area contributed by atoms with E-state index in [0.29, 0.717) is 12.1 Å². The molecule has 2 aromatic rings. The van der Waals surface area contributed by atoms with E-state index in [0.717, 1.165) is 45.4 Å². The summed E-state index contributed by atoms with van der Waals surface area (Å²) >= 11 is 7.69. The normalized spacial score (nSPS) is 22.4. The first-order valence-electron chi connectivity index (χ1n) is 8.52. The maximum absolute atomic E-state index is 13.0. The summed E-state index contributed by atoms with van der Waals surface area (Å²) in [7, 11) is 0. The van der Waals surface area contributed by atoms with Crippen molar-refractivity contribution >= 4 is 41.3 Å². The zero-order chi connectivity index (χ0) is 16.7. The van der Waals surface area contributed by atoms with Gasteiger partial charge in [0.2, 0.25) is 0 Å². The van der Waals surface area contributed by atoms with E-state index in [1.54, 1.807) is 11.3 Å². The minimum atomic E-state index is 0. The average molecular weight is 397 g/mol. The first-order valence-corrected chi connectivity index (χ1v) is 9.71. The van der Waals surface area contributed by atoms with Crippen LogP contribution in [0.25, 0.3) is 10.4 Å². The van der Waals surface area contributed by atoms with Crippen LogP contribution in [0.15, 0.2) is 30.3 Å². The molecule has 3 heterocycles. The molecule has 2 fully saturated rings. The minimum absolute atomic E-state index is 0. The lowest BCUT2D eigenvalue weighted by molar-refractivity contribution is 0.0753. The van der Waals surface area contributed by atoms with Crippen molar-refractivity contribution in [1.82, 2.24) is 10.2 Å². The van der Waals surface area contributed by atoms with Crippen LogP contribution in [0.3, 0.4) is 0 Å². The van der Waals surface area contributed by atoms with Crippen molar-refractivity contribution in [3.05, 3.63) is 45.8 Å². The second-order valence-electron chi connectivity index (χ2n) is 6.81. The highest BCUT2D eigenvalue weighted by Crippen LogP contribution is 2.34. The van der Waals surface area contributed by atoms with E-state index in [1.165, 1.54) is 12.8 Å². The van der Waals surface area contributed by atoms with Gasteiger partial charge in [0, 0.05) is 35.1 Å². The van der Waals surface area contributed by atoms with Crippen molar-refractivity contribution in [1.29, 1.82) is 0 Å². The SMILES string of the molecule is Cc1cc(C(=O)N2CCC3CCC(C2)N3)sc1-c1cccc(Cl)c1.Cl. The van der Waals surface area contributed by atoms with Gasteiger partial charge in [-0.2, -0.15) is 0 Å². The number of thiophene rings is 1. The van der Waals surface area contributed by atoms with Crippen LogP contribution in [0.2, 0.25) is 5.02 Å². The van der Waals surface area contributed by atoms with Gasteiger partial charge < -0.3 is 10.2 Å². The van der Waals surface area contributed by atoms with Gasteiger partial charge in [-0.15, -0.1) is 23.7 Å². The number of carbonyl (C=O) groups excluding carboxylic acids is 1. The number of likely N-dealkylation sites (tertiary alicyclic amines) is 1. The van der Waals surface area contributed by atoms with Gasteiger partial charge in [-0.25, -0.2) is 0 Å². The van der Waals surface area contributed by atoms with Crippen LogP contribution in [-0.4, -0.2) is 36.0 Å². The molecule has 2 unspecified atom stereocenters. The maximum Gasteiger partial charge on any atom is 0.264 e. The molecule has 2 saturated heterocycles. The first-order chi connectivity index (χ1) is 11.6. The van der Waals surface area contributed by atoms with E-state index in [-0.39, 0.29) is 18.3 Å². The molecule has 2 aliphatic heterocycles. The van der Waals surface area contributed by atoms with E-state index in [9.17, 15) is 4.79 Å². The van der Waals surface area contributed by atoms with Crippen molar-refractivity contribution in [2.24, 2.45) is 0 Å². The number of fused-ring (bicyclic) bond motifs is 2. The number of hydrogen-bond acceptors (Lipinski definition) is 3. The molecular formula is C19H22Cl2N2OS. The van der Waals surface area contributed by atoms with Crippen LogP contribution >= 0.6 is 35.3 Å². The standard InChI is InChI=1S/C19H21ClN2OS.ClH/c1-12-9-17(24-18(12)13-3-2-4-14(20)10-13)19(23)22-8-7-15-5-6-16(11-22)21-15;/h2-4,9-10,15-16,21H,5-8,11H2,1H3;1H. The lowest BCUT2D eigenvalue weighted by Gasteiger charge is -2.23. The van der Waals surface area contributed by atoms with E-state index < -0.39 is 0 Å². The number of halogens is 2. The summed E-state index contributed by atoms with van der Waals surface area (Å²) in [4.78, 5) is 17.0. The van der Waals surface area contributed by atoms with Gasteiger partial charge in [0.1, 0.15) is 0 Å². The Hall–Kier alpha value is -1.07. The number of nitrogens with one attached hydrogen (secondary N) is 1. The Morgan fingerprint density at radius 2 is 2.04 bits per heavy atom. The molecule has 134 valence electrons. The van der Waals surface area contributed by atoms with Gasteiger partial charge >= 0.3 is 0 Å². The fourth-order valence-corrected chi connectivity index (χ4v) is 5.11. The van der Waals surface area contributed by atoms with Crippen molar-refractivity contribution in [2.45, 2.75) is 38.3 Å². The summed E-state index contributed by atoms with van der Waals surface area (Å²) in [5, 5.41) is 4.36. The molecule has 0 spiro atoms. The second-order valence-corrected chi connectivity index (χ2v) is 8.30. The maximum atomic E-state index is 13.0. The van der Waals surface area contributed by atoms with Crippen LogP contribution in [0.5, 0.6) is 0 Å². The van der Waals surface area contributed by atoms with Crippen molar-refractivity contribution in [2.75, 3.05) is 13.1 Å². The topological polar surface area (TPSA) is 32.3 Å². The van der Waals surface area contributed by atoms with Crippen LogP contribution in [0.4, 0.5) is 0 Å². The molecule has 1 aromatic heterocycles. The Kier molecular flexibility index (Phi) is 5.74. The molecular weight excluding hydrogens is 375 g/mol. The number of aryl methyl sites for hydroxylation is 1. The zero-order valence-corrected chi connectivity index (χ0v) is 16.5. The van der Waals surface area contributed by atoms with Gasteiger partial charge in [-0.3, -0.25) is 4.79 Å². The third-order valence-electron chi connectivity index (χ3n) is 5.03. The summed E-state index contributed by atoms with van der Waals surface area (Å²) in [6.45, 7) is 3.75. The lowest BCUT2D eigenvalue weighted by Crippen LogP contribution is -2.38. The van der Waals surface area contributed by atoms with Crippen molar-refractivity contribution in [3.63, 3.8) is 0 Å². The average Bonchev–Trinajstić information content (AvgIpc) is 3.09. The second kappa shape index (κ2) is 7.67. The van der Waals surface area contributed by atoms with Gasteiger partial charge in [-0.05, 0) is 55.5 Å². The van der Waals surface area contributed by atoms with Gasteiger partial charge in [0.15, 0.2) is 0 Å². The van der Waals surface area contributed by atoms with E-state index in [1.807, 2.05) is 35.2 Å². The molecule has 3 nitrogen and oxygen atoms in total. The summed E-state index contributed by atoms with van der Waals surface area (Å²) in [6.07, 6.45) is 3.50. The first kappa shape index (κ1) is 18.7. The number of amides is 1. The monoisotopic (exact) mass is 396 g/mol. The predicted octanol–water partition coefficient (Wildman–Crippen LogP) is 4.77. The van der Waals surface area contributed by atoms with E-state index in [2.05, 4.69) is 12.2 Å². The van der Waals surface area contributed by atoms with Crippen LogP contribution in [-0.2, 0) is 0 Å². The largest absolute Gasteiger partial charge is 0.336 e. The van der Waals surface area contributed by atoms with Crippen LogP contribution in [0.1, 0.15) is 34.5 Å². The van der Waals surface area contributed by atoms with E-state index in [4.69, 9.17) is 11.6 Å². The minimum Gasteiger partial charge on any atom is -0.336 e. The van der Waals surface area contributed by atoms with Gasteiger partial charge in [0.25, 0.3) is 5.91 Å². The third-order valence-corrected chi connectivity index (χ3v) is 6.54. The van der Waals surface area contributed by atoms with Crippen molar-refractivity contribution < 1.29 is 4.79 Å². The molecule has 0 saturated carbocycles. The molecule has 25 heavy (non-hydrogen) atoms. The van der Waals surface area contributed by atoms with Crippen molar-refractivity contribution in [3.8, 4) is 10.4 Å². The van der Waals surface area contributed by atoms with Gasteiger partial charge in [-0.1, -0.05) is 23.7 Å². The summed E-state index contributed by atoms with van der Waals surface area (Å²) in [5.41, 5.74) is 2.22. The molecule has 1 amide bonds. The Balaban J connectivity index is 0.00000182. The molecule has 0 radical (unpaired) electrons. The highest BCUT2D eigenvalue weighted by Gasteiger charge is 2.32. The Morgan fingerprint density at radius 1 is 1.24 bits per heavy atom. The Labute approximate surface area is 163 Å². The fourth-order valence-electron chi connectivity index (χ4n) is 3.79. The Morgan fingerprint density at radius 3 is 2.84 bits per heavy atom. The molecule has 0 aliphatic carbocycles. The fraction of sp³-hybridized carbons (Fsp3) is 0.421. The number of carbonyl (C=O) groups is 1. The molecule has 1 aromatic carbocycles.